The summed E-state index contributed by atoms with van der Waals surface area (Å²) in [6, 6.07) is 15.0. The summed E-state index contributed by atoms with van der Waals surface area (Å²) in [7, 11) is 0. The lowest BCUT2D eigenvalue weighted by atomic mass is 10.1. The molecule has 2 aromatic carbocycles. The van der Waals surface area contributed by atoms with Gasteiger partial charge in [0.25, 0.3) is 0 Å². The van der Waals surface area contributed by atoms with Crippen LogP contribution in [0.1, 0.15) is 16.4 Å². The summed E-state index contributed by atoms with van der Waals surface area (Å²) in [6.45, 7) is 1.91. The Hall–Kier alpha value is -2.90. The second kappa shape index (κ2) is 8.00. The molecule has 4 aromatic rings. The number of aryl methyl sites for hydroxylation is 1. The maximum atomic E-state index is 13.2. The van der Waals surface area contributed by atoms with Gasteiger partial charge < -0.3 is 10.3 Å². The molecule has 0 bridgehead atoms. The molecule has 0 radical (unpaired) electrons. The molecule has 2 N–H and O–H groups in total. The van der Waals surface area contributed by atoms with Gasteiger partial charge in [0.05, 0.1) is 6.33 Å². The number of nitrogens with zero attached hydrogens (tertiary/aromatic N) is 3. The van der Waals surface area contributed by atoms with Crippen LogP contribution in [0, 0.1) is 6.92 Å². The van der Waals surface area contributed by atoms with Crippen molar-refractivity contribution in [1.82, 2.24) is 19.9 Å². The highest BCUT2D eigenvalue weighted by Gasteiger charge is 2.24. The molecule has 140 valence electrons. The minimum absolute atomic E-state index is 0.145. The van der Waals surface area contributed by atoms with Gasteiger partial charge in [0.1, 0.15) is 22.1 Å². The first-order valence-corrected chi connectivity index (χ1v) is 9.80. The van der Waals surface area contributed by atoms with Gasteiger partial charge in [-0.1, -0.05) is 53.7 Å². The highest BCUT2D eigenvalue weighted by Crippen LogP contribution is 2.37. The molecule has 28 heavy (non-hydrogen) atoms. The Morgan fingerprint density at radius 2 is 1.96 bits per heavy atom. The van der Waals surface area contributed by atoms with E-state index >= 15 is 0 Å². The predicted octanol–water partition coefficient (Wildman–Crippen LogP) is 4.79. The van der Waals surface area contributed by atoms with Crippen molar-refractivity contribution < 1.29 is 4.79 Å². The van der Waals surface area contributed by atoms with Gasteiger partial charge in [-0.25, -0.2) is 15.0 Å². The molecule has 8 heteroatoms. The molecule has 4 rings (SSSR count). The van der Waals surface area contributed by atoms with Crippen molar-refractivity contribution in [2.24, 2.45) is 0 Å². The van der Waals surface area contributed by atoms with Crippen LogP contribution in [0.4, 0.5) is 5.69 Å². The molecule has 1 atom stereocenters. The van der Waals surface area contributed by atoms with Crippen LogP contribution in [0.15, 0.2) is 66.2 Å². The van der Waals surface area contributed by atoms with Crippen LogP contribution in [0.5, 0.6) is 0 Å². The molecule has 0 spiro atoms. The minimum Gasteiger partial charge on any atom is -0.341 e. The topological polar surface area (TPSA) is 83.6 Å². The zero-order chi connectivity index (χ0) is 19.5. The van der Waals surface area contributed by atoms with Gasteiger partial charge in [-0.05, 0) is 36.2 Å². The number of carbonyl (C=O) groups excluding carboxylic acids is 1. The number of halogens is 1. The molecule has 0 unspecified atom stereocenters. The van der Waals surface area contributed by atoms with Crippen LogP contribution in [0.2, 0.25) is 5.02 Å². The zero-order valence-electron chi connectivity index (χ0n) is 14.9. The fourth-order valence-corrected chi connectivity index (χ4v) is 4.10. The van der Waals surface area contributed by atoms with Crippen molar-refractivity contribution in [3.05, 3.63) is 77.3 Å². The third-order valence-electron chi connectivity index (χ3n) is 4.20. The second-order valence-corrected chi connectivity index (χ2v) is 7.67. The van der Waals surface area contributed by atoms with E-state index in [0.717, 1.165) is 16.8 Å². The SMILES string of the molecule is Cc1cc(Cl)ccc1NC(=O)[C@H](Sc1ncnc2nc[nH]c12)c1ccccc1. The molecule has 2 heterocycles. The lowest BCUT2D eigenvalue weighted by Crippen LogP contribution is -2.19. The summed E-state index contributed by atoms with van der Waals surface area (Å²) in [5, 5.41) is 3.81. The Balaban J connectivity index is 1.67. The summed E-state index contributed by atoms with van der Waals surface area (Å²) in [4.78, 5) is 28.9. The van der Waals surface area contributed by atoms with Crippen LogP contribution in [0.3, 0.4) is 0 Å². The normalized spacial score (nSPS) is 12.1. The highest BCUT2D eigenvalue weighted by molar-refractivity contribution is 8.00. The van der Waals surface area contributed by atoms with Gasteiger partial charge in [0, 0.05) is 10.7 Å². The number of amides is 1. The van der Waals surface area contributed by atoms with Crippen LogP contribution < -0.4 is 5.32 Å². The maximum Gasteiger partial charge on any atom is 0.242 e. The summed E-state index contributed by atoms with van der Waals surface area (Å²) in [5.74, 6) is -0.145. The smallest absolute Gasteiger partial charge is 0.242 e. The number of benzene rings is 2. The van der Waals surface area contributed by atoms with Crippen molar-refractivity contribution in [3.63, 3.8) is 0 Å². The number of nitrogens with one attached hydrogen (secondary N) is 2. The van der Waals surface area contributed by atoms with Gasteiger partial charge in [-0.3, -0.25) is 4.79 Å². The molecule has 0 aliphatic rings. The summed E-state index contributed by atoms with van der Waals surface area (Å²) in [6.07, 6.45) is 3.02. The van der Waals surface area contributed by atoms with Gasteiger partial charge in [0.15, 0.2) is 5.65 Å². The number of H-pyrrole nitrogens is 1. The zero-order valence-corrected chi connectivity index (χ0v) is 16.5. The number of carbonyl (C=O) groups is 1. The van der Waals surface area contributed by atoms with E-state index in [9.17, 15) is 4.79 Å². The highest BCUT2D eigenvalue weighted by atomic mass is 35.5. The number of hydrogen-bond donors (Lipinski definition) is 2. The Kier molecular flexibility index (Phi) is 5.27. The number of anilines is 1. The molecule has 1 amide bonds. The monoisotopic (exact) mass is 409 g/mol. The van der Waals surface area contributed by atoms with Crippen molar-refractivity contribution in [2.75, 3.05) is 5.32 Å². The quantitative estimate of drug-likeness (QED) is 0.366. The fourth-order valence-electron chi connectivity index (χ4n) is 2.81. The van der Waals surface area contributed by atoms with Gasteiger partial charge in [-0.2, -0.15) is 0 Å². The average Bonchev–Trinajstić information content (AvgIpc) is 3.18. The Morgan fingerprint density at radius 1 is 1.14 bits per heavy atom. The van der Waals surface area contributed by atoms with Crippen LogP contribution in [-0.2, 0) is 4.79 Å². The lowest BCUT2D eigenvalue weighted by Gasteiger charge is -2.18. The number of aromatic amines is 1. The van der Waals surface area contributed by atoms with Crippen LogP contribution in [0.25, 0.3) is 11.2 Å². The van der Waals surface area contributed by atoms with Gasteiger partial charge >= 0.3 is 0 Å². The standard InChI is InChI=1S/C20H16ClN5OS/c1-12-9-14(21)7-8-15(12)26-19(27)17(13-5-3-2-4-6-13)28-20-16-18(23-10-22-16)24-11-25-20/h2-11,17H,1H3,(H,26,27)(H,22,23,24,25)/t17-/m1/s1. The first-order valence-electron chi connectivity index (χ1n) is 8.54. The number of imidazole rings is 1. The van der Waals surface area contributed by atoms with Crippen molar-refractivity contribution in [1.29, 1.82) is 0 Å². The van der Waals surface area contributed by atoms with Crippen molar-refractivity contribution >= 4 is 46.1 Å². The molecule has 6 nitrogen and oxygen atoms in total. The largest absolute Gasteiger partial charge is 0.341 e. The van der Waals surface area contributed by atoms with Gasteiger partial charge in [0.2, 0.25) is 5.91 Å². The Morgan fingerprint density at radius 3 is 2.75 bits per heavy atom. The molecular formula is C20H16ClN5OS. The minimum atomic E-state index is -0.502. The summed E-state index contributed by atoms with van der Waals surface area (Å²) in [5.41, 5.74) is 3.78. The third kappa shape index (κ3) is 3.85. The molecule has 2 aromatic heterocycles. The van der Waals surface area contributed by atoms with E-state index in [0.29, 0.717) is 21.2 Å². The van der Waals surface area contributed by atoms with E-state index < -0.39 is 5.25 Å². The Labute approximate surface area is 170 Å². The maximum absolute atomic E-state index is 13.2. The number of thioether (sulfide) groups is 1. The lowest BCUT2D eigenvalue weighted by molar-refractivity contribution is -0.115. The number of hydrogen-bond acceptors (Lipinski definition) is 5. The first-order chi connectivity index (χ1) is 13.6. The predicted molar refractivity (Wildman–Crippen MR) is 112 cm³/mol. The second-order valence-electron chi connectivity index (χ2n) is 6.14. The summed E-state index contributed by atoms with van der Waals surface area (Å²) >= 11 is 7.38. The Bertz CT molecular complexity index is 1130. The molecule has 0 aliphatic heterocycles. The van der Waals surface area contributed by atoms with Crippen LogP contribution in [-0.4, -0.2) is 25.8 Å². The average molecular weight is 410 g/mol. The van der Waals surface area contributed by atoms with E-state index in [1.807, 2.05) is 43.3 Å². The van der Waals surface area contributed by atoms with Gasteiger partial charge in [-0.15, -0.1) is 0 Å². The van der Waals surface area contributed by atoms with E-state index in [4.69, 9.17) is 11.6 Å². The van der Waals surface area contributed by atoms with E-state index in [-0.39, 0.29) is 5.91 Å². The molecule has 0 saturated heterocycles. The van der Waals surface area contributed by atoms with Crippen molar-refractivity contribution in [2.45, 2.75) is 17.2 Å². The van der Waals surface area contributed by atoms with E-state index in [1.54, 1.807) is 18.5 Å². The number of fused-ring (bicyclic) bond motifs is 1. The fraction of sp³-hybridized carbons (Fsp3) is 0.100. The van der Waals surface area contributed by atoms with E-state index in [2.05, 4.69) is 25.3 Å². The first kappa shape index (κ1) is 18.5. The molecule has 0 aliphatic carbocycles. The molecular weight excluding hydrogens is 394 g/mol. The number of rotatable bonds is 5. The molecule has 0 saturated carbocycles. The molecule has 0 fully saturated rings. The summed E-state index contributed by atoms with van der Waals surface area (Å²) < 4.78 is 0. The number of aromatic nitrogens is 4. The van der Waals surface area contributed by atoms with Crippen molar-refractivity contribution in [3.8, 4) is 0 Å². The van der Waals surface area contributed by atoms with Crippen LogP contribution >= 0.6 is 23.4 Å². The van der Waals surface area contributed by atoms with E-state index in [1.165, 1.54) is 18.1 Å². The third-order valence-corrected chi connectivity index (χ3v) is 5.69.